The van der Waals surface area contributed by atoms with E-state index in [0.717, 1.165) is 0 Å². The van der Waals surface area contributed by atoms with Gasteiger partial charge in [0.15, 0.2) is 18.1 Å². The first-order valence-corrected chi connectivity index (χ1v) is 8.16. The van der Waals surface area contributed by atoms with E-state index in [9.17, 15) is 19.7 Å². The van der Waals surface area contributed by atoms with Crippen molar-refractivity contribution in [3.8, 4) is 11.5 Å². The zero-order valence-corrected chi connectivity index (χ0v) is 15.0. The number of para-hydroxylation sites is 1. The molecule has 10 nitrogen and oxygen atoms in total. The van der Waals surface area contributed by atoms with Gasteiger partial charge >= 0.3 is 0 Å². The predicted molar refractivity (Wildman–Crippen MR) is 97.1 cm³/mol. The van der Waals surface area contributed by atoms with Crippen LogP contribution >= 0.6 is 0 Å². The van der Waals surface area contributed by atoms with E-state index >= 15 is 0 Å². The van der Waals surface area contributed by atoms with Crippen LogP contribution < -0.4 is 20.3 Å². The summed E-state index contributed by atoms with van der Waals surface area (Å²) >= 11 is 0. The van der Waals surface area contributed by atoms with E-state index in [4.69, 9.17) is 14.7 Å². The maximum Gasteiger partial charge on any atom is 0.281 e. The van der Waals surface area contributed by atoms with Gasteiger partial charge in [-0.15, -0.1) is 0 Å². The number of hydrogen-bond donors (Lipinski definition) is 3. The molecule has 10 heteroatoms. The van der Waals surface area contributed by atoms with Crippen LogP contribution in [0.15, 0.2) is 42.5 Å². The molecule has 148 valence electrons. The third kappa shape index (κ3) is 5.68. The molecule has 0 aliphatic rings. The lowest BCUT2D eigenvalue weighted by Gasteiger charge is -2.12. The van der Waals surface area contributed by atoms with Gasteiger partial charge in [-0.05, 0) is 17.7 Å². The summed E-state index contributed by atoms with van der Waals surface area (Å²) in [5, 5.41) is 22.2. The summed E-state index contributed by atoms with van der Waals surface area (Å²) in [5.41, 5.74) is 2.38. The topological polar surface area (TPSA) is 140 Å². The van der Waals surface area contributed by atoms with Crippen molar-refractivity contribution in [1.29, 1.82) is 0 Å². The molecule has 2 amide bonds. The molecule has 2 rings (SSSR count). The quantitative estimate of drug-likeness (QED) is 0.334. The number of carbonyl (C=O) groups excluding carboxylic acids is 2. The maximum atomic E-state index is 12.1. The number of hydrogen-bond acceptors (Lipinski definition) is 7. The van der Waals surface area contributed by atoms with Crippen molar-refractivity contribution in [2.24, 2.45) is 0 Å². The summed E-state index contributed by atoms with van der Waals surface area (Å²) in [6.07, 6.45) is -0.119. The highest BCUT2D eigenvalue weighted by Gasteiger charge is 2.15. The van der Waals surface area contributed by atoms with Gasteiger partial charge in [-0.1, -0.05) is 24.3 Å². The monoisotopic (exact) mass is 389 g/mol. The maximum absolute atomic E-state index is 12.1. The summed E-state index contributed by atoms with van der Waals surface area (Å²) < 4.78 is 10.4. The average Bonchev–Trinajstić information content (AvgIpc) is 2.70. The van der Waals surface area contributed by atoms with Crippen molar-refractivity contribution < 1.29 is 29.2 Å². The second-order valence-corrected chi connectivity index (χ2v) is 5.65. The molecule has 0 aromatic heterocycles. The van der Waals surface area contributed by atoms with Crippen LogP contribution in [-0.2, 0) is 22.6 Å². The van der Waals surface area contributed by atoms with E-state index in [0.29, 0.717) is 22.6 Å². The molecule has 2 aromatic rings. The number of carbonyl (C=O) groups is 2. The SMILES string of the molecule is COc1cc(CNC(=O)Cc2ccccc2[N+](=O)[O-])ccc1OCC(=O)NO. The summed E-state index contributed by atoms with van der Waals surface area (Å²) in [7, 11) is 1.42. The fourth-order valence-electron chi connectivity index (χ4n) is 2.39. The number of nitro benzene ring substituents is 1. The third-order valence-corrected chi connectivity index (χ3v) is 3.74. The number of ether oxygens (including phenoxy) is 2. The molecule has 28 heavy (non-hydrogen) atoms. The van der Waals surface area contributed by atoms with Crippen molar-refractivity contribution >= 4 is 17.5 Å². The summed E-state index contributed by atoms with van der Waals surface area (Å²) in [4.78, 5) is 33.6. The van der Waals surface area contributed by atoms with Crippen LogP contribution in [0, 0.1) is 10.1 Å². The molecular formula is C18H19N3O7. The standard InChI is InChI=1S/C18H19N3O7/c1-27-16-8-12(6-7-15(16)28-11-18(23)20-24)10-19-17(22)9-13-4-2-3-5-14(13)21(25)26/h2-8,24H,9-11H2,1H3,(H,19,22)(H,20,23). The van der Waals surface area contributed by atoms with Gasteiger partial charge in [0.1, 0.15) is 0 Å². The Morgan fingerprint density at radius 1 is 1.14 bits per heavy atom. The number of rotatable bonds is 9. The first kappa shape index (κ1) is 20.6. The van der Waals surface area contributed by atoms with Crippen LogP contribution in [0.5, 0.6) is 11.5 Å². The largest absolute Gasteiger partial charge is 0.493 e. The van der Waals surface area contributed by atoms with E-state index in [1.54, 1.807) is 30.3 Å². The Morgan fingerprint density at radius 3 is 2.57 bits per heavy atom. The van der Waals surface area contributed by atoms with E-state index in [1.807, 2.05) is 0 Å². The van der Waals surface area contributed by atoms with Gasteiger partial charge in [-0.25, -0.2) is 5.48 Å². The van der Waals surface area contributed by atoms with Crippen LogP contribution in [0.2, 0.25) is 0 Å². The highest BCUT2D eigenvalue weighted by Crippen LogP contribution is 2.28. The molecule has 0 spiro atoms. The van der Waals surface area contributed by atoms with Crippen LogP contribution in [0.25, 0.3) is 0 Å². The highest BCUT2D eigenvalue weighted by atomic mass is 16.6. The van der Waals surface area contributed by atoms with Crippen LogP contribution in [0.1, 0.15) is 11.1 Å². The van der Waals surface area contributed by atoms with Crippen LogP contribution in [-0.4, -0.2) is 35.7 Å². The lowest BCUT2D eigenvalue weighted by molar-refractivity contribution is -0.385. The van der Waals surface area contributed by atoms with Gasteiger partial charge in [-0.2, -0.15) is 0 Å². The highest BCUT2D eigenvalue weighted by molar-refractivity contribution is 5.79. The molecule has 0 unspecified atom stereocenters. The van der Waals surface area contributed by atoms with Crippen molar-refractivity contribution in [1.82, 2.24) is 10.8 Å². The predicted octanol–water partition coefficient (Wildman–Crippen LogP) is 1.35. The number of nitrogens with one attached hydrogen (secondary N) is 2. The molecular weight excluding hydrogens is 370 g/mol. The third-order valence-electron chi connectivity index (χ3n) is 3.74. The normalized spacial score (nSPS) is 10.1. The summed E-state index contributed by atoms with van der Waals surface area (Å²) in [6.45, 7) is -0.216. The molecule has 3 N–H and O–H groups in total. The van der Waals surface area contributed by atoms with Crippen LogP contribution in [0.3, 0.4) is 0 Å². The number of methoxy groups -OCH3 is 1. The van der Waals surface area contributed by atoms with Crippen molar-refractivity contribution in [3.05, 3.63) is 63.7 Å². The zero-order chi connectivity index (χ0) is 20.5. The molecule has 0 aliphatic heterocycles. The Bertz CT molecular complexity index is 870. The number of nitro groups is 1. The van der Waals surface area contributed by atoms with E-state index < -0.39 is 17.4 Å². The Balaban J connectivity index is 1.97. The van der Waals surface area contributed by atoms with Gasteiger partial charge in [0.2, 0.25) is 5.91 Å². The van der Waals surface area contributed by atoms with E-state index in [1.165, 1.54) is 24.7 Å². The molecule has 0 atom stereocenters. The lowest BCUT2D eigenvalue weighted by Crippen LogP contribution is -2.25. The molecule has 0 bridgehead atoms. The second-order valence-electron chi connectivity index (χ2n) is 5.65. The first-order valence-electron chi connectivity index (χ1n) is 8.16. The molecule has 0 saturated carbocycles. The molecule has 0 radical (unpaired) electrons. The van der Waals surface area contributed by atoms with E-state index in [2.05, 4.69) is 5.32 Å². The number of nitrogens with zero attached hydrogens (tertiary/aromatic N) is 1. The fraction of sp³-hybridized carbons (Fsp3) is 0.222. The molecule has 0 heterocycles. The van der Waals surface area contributed by atoms with E-state index in [-0.39, 0.29) is 24.6 Å². The number of hydroxylamine groups is 1. The Hall–Kier alpha value is -3.66. The Labute approximate surface area is 160 Å². The molecule has 0 saturated heterocycles. The van der Waals surface area contributed by atoms with Gasteiger partial charge in [0.05, 0.1) is 18.5 Å². The van der Waals surface area contributed by atoms with Gasteiger partial charge in [0.25, 0.3) is 11.6 Å². The van der Waals surface area contributed by atoms with Crippen LogP contribution in [0.4, 0.5) is 5.69 Å². The van der Waals surface area contributed by atoms with Gasteiger partial charge in [0, 0.05) is 18.2 Å². The van der Waals surface area contributed by atoms with Crippen molar-refractivity contribution in [2.45, 2.75) is 13.0 Å². The Morgan fingerprint density at radius 2 is 1.89 bits per heavy atom. The number of benzene rings is 2. The van der Waals surface area contributed by atoms with Crippen molar-refractivity contribution in [3.63, 3.8) is 0 Å². The minimum Gasteiger partial charge on any atom is -0.493 e. The lowest BCUT2D eigenvalue weighted by atomic mass is 10.1. The minimum atomic E-state index is -0.714. The van der Waals surface area contributed by atoms with Gasteiger partial charge < -0.3 is 14.8 Å². The minimum absolute atomic E-state index is 0.104. The fourth-order valence-corrected chi connectivity index (χ4v) is 2.39. The summed E-state index contributed by atoms with van der Waals surface area (Å²) in [6, 6.07) is 10.9. The summed E-state index contributed by atoms with van der Waals surface area (Å²) in [5.74, 6) is -0.445. The molecule has 0 aliphatic carbocycles. The number of amides is 2. The molecule has 2 aromatic carbocycles. The first-order chi connectivity index (χ1) is 13.4. The zero-order valence-electron chi connectivity index (χ0n) is 15.0. The Kier molecular flexibility index (Phi) is 7.28. The molecule has 0 fully saturated rings. The smallest absolute Gasteiger partial charge is 0.281 e. The van der Waals surface area contributed by atoms with Crippen molar-refractivity contribution in [2.75, 3.05) is 13.7 Å². The average molecular weight is 389 g/mol. The second kappa shape index (κ2) is 9.88. The van der Waals surface area contributed by atoms with Gasteiger partial charge in [-0.3, -0.25) is 24.9 Å².